The van der Waals surface area contributed by atoms with E-state index in [0.29, 0.717) is 12.1 Å². The van der Waals surface area contributed by atoms with Crippen molar-refractivity contribution in [2.24, 2.45) is 5.92 Å². The molecule has 2 aliphatic rings. The highest BCUT2D eigenvalue weighted by Gasteiger charge is 2.49. The van der Waals surface area contributed by atoms with Crippen molar-refractivity contribution in [2.45, 2.75) is 64.8 Å². The summed E-state index contributed by atoms with van der Waals surface area (Å²) in [6, 6.07) is 6.47. The molecule has 1 heterocycles. The summed E-state index contributed by atoms with van der Waals surface area (Å²) >= 11 is 0. The fourth-order valence-electron chi connectivity index (χ4n) is 4.03. The monoisotopic (exact) mass is 399 g/mol. The Labute approximate surface area is 171 Å². The minimum atomic E-state index is -0.925. The van der Waals surface area contributed by atoms with Gasteiger partial charge in [0.2, 0.25) is 5.91 Å². The van der Waals surface area contributed by atoms with Crippen LogP contribution in [0, 0.1) is 5.92 Å². The zero-order valence-corrected chi connectivity index (χ0v) is 17.5. The van der Waals surface area contributed by atoms with Crippen LogP contribution in [0.25, 0.3) is 0 Å². The second kappa shape index (κ2) is 7.97. The van der Waals surface area contributed by atoms with Gasteiger partial charge in [-0.3, -0.25) is 19.3 Å². The summed E-state index contributed by atoms with van der Waals surface area (Å²) in [4.78, 5) is 51.7. The van der Waals surface area contributed by atoms with Crippen molar-refractivity contribution in [3.63, 3.8) is 0 Å². The molecule has 3 rings (SSSR count). The average molecular weight is 399 g/mol. The van der Waals surface area contributed by atoms with Crippen molar-refractivity contribution in [1.82, 2.24) is 9.80 Å². The minimum Gasteiger partial charge on any atom is -0.325 e. The van der Waals surface area contributed by atoms with Gasteiger partial charge in [0.1, 0.15) is 6.54 Å². The fraction of sp³-hybridized carbons (Fsp3) is 0.545. The smallest absolute Gasteiger partial charge is 0.325 e. The first kappa shape index (κ1) is 21.0. The Morgan fingerprint density at radius 1 is 1.03 bits per heavy atom. The lowest BCUT2D eigenvalue weighted by atomic mass is 9.85. The van der Waals surface area contributed by atoms with Gasteiger partial charge in [-0.1, -0.05) is 52.7 Å². The largest absolute Gasteiger partial charge is 0.334 e. The summed E-state index contributed by atoms with van der Waals surface area (Å²) in [6.45, 7) is 7.82. The molecule has 29 heavy (non-hydrogen) atoms. The Morgan fingerprint density at radius 2 is 1.66 bits per heavy atom. The molecule has 2 fully saturated rings. The van der Waals surface area contributed by atoms with Gasteiger partial charge in [0.05, 0.1) is 0 Å². The van der Waals surface area contributed by atoms with Crippen LogP contribution in [0.2, 0.25) is 0 Å². The minimum absolute atomic E-state index is 0.00297. The van der Waals surface area contributed by atoms with Crippen molar-refractivity contribution in [3.8, 4) is 0 Å². The molecule has 0 unspecified atom stereocenters. The maximum absolute atomic E-state index is 12.7. The Hall–Kier alpha value is -2.70. The van der Waals surface area contributed by atoms with E-state index in [-0.39, 0.29) is 17.4 Å². The number of nitrogens with zero attached hydrogens (tertiary/aromatic N) is 2. The maximum Gasteiger partial charge on any atom is 0.334 e. The van der Waals surface area contributed by atoms with Gasteiger partial charge in [-0.15, -0.1) is 0 Å². The van der Waals surface area contributed by atoms with Crippen molar-refractivity contribution < 1.29 is 19.2 Å². The third-order valence-electron chi connectivity index (χ3n) is 5.82. The zero-order chi connectivity index (χ0) is 21.3. The molecule has 2 atom stereocenters. The third kappa shape index (κ3) is 4.33. The number of benzene rings is 1. The standard InChI is InChI=1S/C22H29N3O4/c1-14-7-5-6-8-17(14)25-20(28)19(27)24(21(25)29)13-18(26)23-16-11-9-15(10-12-16)22(2,3)4/h9-12,14,17H,5-8,13H2,1-4H3,(H,23,26)/t14-,17+/m0/s1. The number of urea groups is 1. The lowest BCUT2D eigenvalue weighted by molar-refractivity contribution is -0.145. The molecule has 7 nitrogen and oxygen atoms in total. The molecule has 1 aliphatic carbocycles. The van der Waals surface area contributed by atoms with Crippen molar-refractivity contribution in [2.75, 3.05) is 11.9 Å². The molecule has 0 spiro atoms. The van der Waals surface area contributed by atoms with Crippen LogP contribution in [0.1, 0.15) is 58.9 Å². The molecule has 0 bridgehead atoms. The molecule has 1 aromatic carbocycles. The van der Waals surface area contributed by atoms with E-state index >= 15 is 0 Å². The topological polar surface area (TPSA) is 86.8 Å². The average Bonchev–Trinajstić information content (AvgIpc) is 2.85. The van der Waals surface area contributed by atoms with E-state index in [2.05, 4.69) is 26.1 Å². The van der Waals surface area contributed by atoms with Gasteiger partial charge in [0, 0.05) is 11.7 Å². The Kier molecular flexibility index (Phi) is 5.78. The lowest BCUT2D eigenvalue weighted by Gasteiger charge is -2.34. The Morgan fingerprint density at radius 3 is 2.24 bits per heavy atom. The molecule has 156 valence electrons. The van der Waals surface area contributed by atoms with E-state index in [4.69, 9.17) is 0 Å². The van der Waals surface area contributed by atoms with Crippen molar-refractivity contribution in [1.29, 1.82) is 0 Å². The van der Waals surface area contributed by atoms with Gasteiger partial charge in [0.15, 0.2) is 0 Å². The van der Waals surface area contributed by atoms with E-state index in [1.54, 1.807) is 12.1 Å². The number of carbonyl (C=O) groups is 4. The van der Waals surface area contributed by atoms with Crippen LogP contribution in [0.3, 0.4) is 0 Å². The summed E-state index contributed by atoms with van der Waals surface area (Å²) in [6.07, 6.45) is 3.60. The van der Waals surface area contributed by atoms with E-state index in [1.165, 1.54) is 0 Å². The fourth-order valence-corrected chi connectivity index (χ4v) is 4.03. The quantitative estimate of drug-likeness (QED) is 0.622. The lowest BCUT2D eigenvalue weighted by Crippen LogP contribution is -2.46. The molecular formula is C22H29N3O4. The van der Waals surface area contributed by atoms with Crippen LogP contribution < -0.4 is 5.32 Å². The van der Waals surface area contributed by atoms with Gasteiger partial charge >= 0.3 is 17.8 Å². The highest BCUT2D eigenvalue weighted by atomic mass is 16.2. The number of amides is 5. The van der Waals surface area contributed by atoms with Gasteiger partial charge in [0.25, 0.3) is 0 Å². The number of hydrogen-bond donors (Lipinski definition) is 1. The van der Waals surface area contributed by atoms with Crippen molar-refractivity contribution in [3.05, 3.63) is 29.8 Å². The molecule has 1 aliphatic heterocycles. The number of nitrogens with one attached hydrogen (secondary N) is 1. The third-order valence-corrected chi connectivity index (χ3v) is 5.82. The molecule has 7 heteroatoms. The van der Waals surface area contributed by atoms with E-state index < -0.39 is 30.3 Å². The summed E-state index contributed by atoms with van der Waals surface area (Å²) in [5.74, 6) is -2.11. The normalized spacial score (nSPS) is 23.0. The number of anilines is 1. The highest BCUT2D eigenvalue weighted by Crippen LogP contribution is 2.31. The summed E-state index contributed by atoms with van der Waals surface area (Å²) in [5.41, 5.74) is 1.70. The van der Waals surface area contributed by atoms with Crippen LogP contribution in [0.4, 0.5) is 10.5 Å². The van der Waals surface area contributed by atoms with Gasteiger partial charge in [-0.25, -0.2) is 9.69 Å². The molecule has 0 aromatic heterocycles. The Bertz CT molecular complexity index is 825. The predicted octanol–water partition coefficient (Wildman–Crippen LogP) is 3.29. The van der Waals surface area contributed by atoms with Crippen LogP contribution in [0.5, 0.6) is 0 Å². The molecule has 0 radical (unpaired) electrons. The van der Waals surface area contributed by atoms with Crippen LogP contribution in [-0.2, 0) is 19.8 Å². The molecule has 1 aromatic rings. The van der Waals surface area contributed by atoms with E-state index in [0.717, 1.165) is 34.6 Å². The predicted molar refractivity (Wildman–Crippen MR) is 109 cm³/mol. The number of rotatable bonds is 4. The second-order valence-electron chi connectivity index (χ2n) is 9.05. The molecule has 1 N–H and O–H groups in total. The van der Waals surface area contributed by atoms with E-state index in [1.807, 2.05) is 19.1 Å². The first-order chi connectivity index (χ1) is 13.6. The SMILES string of the molecule is C[C@H]1CCCC[C@H]1N1C(=O)C(=O)N(CC(=O)Nc2ccc(C(C)(C)C)cc2)C1=O. The highest BCUT2D eigenvalue weighted by molar-refractivity contribution is 6.45. The zero-order valence-electron chi connectivity index (χ0n) is 17.5. The molecule has 1 saturated carbocycles. The summed E-state index contributed by atoms with van der Waals surface area (Å²) in [5, 5.41) is 2.69. The molecule has 5 amide bonds. The first-order valence-electron chi connectivity index (χ1n) is 10.2. The number of imide groups is 2. The second-order valence-corrected chi connectivity index (χ2v) is 9.05. The number of carbonyl (C=O) groups excluding carboxylic acids is 4. The van der Waals surface area contributed by atoms with E-state index in [9.17, 15) is 19.2 Å². The maximum atomic E-state index is 12.7. The van der Waals surface area contributed by atoms with Crippen LogP contribution >= 0.6 is 0 Å². The first-order valence-corrected chi connectivity index (χ1v) is 10.2. The number of hydrogen-bond acceptors (Lipinski definition) is 4. The van der Waals surface area contributed by atoms with Gasteiger partial charge in [-0.05, 0) is 41.9 Å². The van der Waals surface area contributed by atoms with Crippen LogP contribution in [0.15, 0.2) is 24.3 Å². The molecular weight excluding hydrogens is 370 g/mol. The summed E-state index contributed by atoms with van der Waals surface area (Å²) < 4.78 is 0. The summed E-state index contributed by atoms with van der Waals surface area (Å²) in [7, 11) is 0. The Balaban J connectivity index is 1.66. The van der Waals surface area contributed by atoms with Crippen LogP contribution in [-0.4, -0.2) is 46.1 Å². The van der Waals surface area contributed by atoms with Crippen molar-refractivity contribution >= 4 is 29.4 Å². The molecule has 1 saturated heterocycles. The van der Waals surface area contributed by atoms with Gasteiger partial charge in [-0.2, -0.15) is 0 Å². The van der Waals surface area contributed by atoms with Gasteiger partial charge < -0.3 is 5.32 Å².